The van der Waals surface area contributed by atoms with Crippen molar-refractivity contribution in [1.82, 2.24) is 9.97 Å². The zero-order valence-corrected chi connectivity index (χ0v) is 13.8. The molecular formula is C19H13F4N3O. The van der Waals surface area contributed by atoms with Crippen molar-refractivity contribution in [2.45, 2.75) is 12.7 Å². The second kappa shape index (κ2) is 7.53. The lowest BCUT2D eigenvalue weighted by Gasteiger charge is -2.09. The number of carbonyl (C=O) groups excluding carboxylic acids is 1. The molecule has 0 bridgehead atoms. The number of ketones is 1. The fourth-order valence-electron chi connectivity index (χ4n) is 2.36. The predicted octanol–water partition coefficient (Wildman–Crippen LogP) is 4.48. The van der Waals surface area contributed by atoms with E-state index in [0.29, 0.717) is 18.7 Å². The summed E-state index contributed by atoms with van der Waals surface area (Å²) in [7, 11) is 0. The predicted molar refractivity (Wildman–Crippen MR) is 90.6 cm³/mol. The van der Waals surface area contributed by atoms with Gasteiger partial charge in [-0.2, -0.15) is 13.2 Å². The van der Waals surface area contributed by atoms with Crippen LogP contribution in [0, 0.1) is 5.82 Å². The second-order valence-corrected chi connectivity index (χ2v) is 5.69. The van der Waals surface area contributed by atoms with E-state index in [9.17, 15) is 22.4 Å². The molecule has 8 heteroatoms. The van der Waals surface area contributed by atoms with E-state index in [1.807, 2.05) is 30.3 Å². The van der Waals surface area contributed by atoms with Crippen molar-refractivity contribution < 1.29 is 22.4 Å². The van der Waals surface area contributed by atoms with Crippen LogP contribution in [0.3, 0.4) is 0 Å². The van der Waals surface area contributed by atoms with Crippen LogP contribution in [0.1, 0.15) is 27.0 Å². The lowest BCUT2D eigenvalue weighted by Crippen LogP contribution is -2.10. The number of alkyl halides is 3. The van der Waals surface area contributed by atoms with Crippen LogP contribution < -0.4 is 5.32 Å². The number of hydrogen-bond acceptors (Lipinski definition) is 4. The first-order chi connectivity index (χ1) is 12.8. The number of hydrogen-bond donors (Lipinski definition) is 1. The molecule has 1 aromatic heterocycles. The Labute approximate surface area is 151 Å². The Balaban J connectivity index is 1.75. The maximum absolute atomic E-state index is 13.5. The van der Waals surface area contributed by atoms with Gasteiger partial charge in [-0.1, -0.05) is 30.3 Å². The summed E-state index contributed by atoms with van der Waals surface area (Å²) in [5.74, 6) is -1.68. The number of benzene rings is 2. The van der Waals surface area contributed by atoms with E-state index in [4.69, 9.17) is 0 Å². The Hall–Kier alpha value is -3.29. The Morgan fingerprint density at radius 3 is 2.26 bits per heavy atom. The van der Waals surface area contributed by atoms with E-state index in [-0.39, 0.29) is 11.5 Å². The first-order valence-corrected chi connectivity index (χ1v) is 7.85. The summed E-state index contributed by atoms with van der Waals surface area (Å²) < 4.78 is 51.8. The second-order valence-electron chi connectivity index (χ2n) is 5.69. The number of carbonyl (C=O) groups is 1. The summed E-state index contributed by atoms with van der Waals surface area (Å²) in [6.07, 6.45) is -2.39. The molecule has 0 amide bonds. The van der Waals surface area contributed by atoms with Gasteiger partial charge in [-0.15, -0.1) is 0 Å². The molecule has 4 nitrogen and oxygen atoms in total. The van der Waals surface area contributed by atoms with Gasteiger partial charge < -0.3 is 5.32 Å². The van der Waals surface area contributed by atoms with Crippen molar-refractivity contribution in [3.8, 4) is 0 Å². The molecular weight excluding hydrogens is 362 g/mol. The lowest BCUT2D eigenvalue weighted by atomic mass is 10.0. The van der Waals surface area contributed by atoms with Crippen molar-refractivity contribution in [2.75, 3.05) is 5.32 Å². The van der Waals surface area contributed by atoms with Crippen LogP contribution in [0.25, 0.3) is 0 Å². The van der Waals surface area contributed by atoms with Crippen LogP contribution in [0.2, 0.25) is 0 Å². The molecule has 1 N–H and O–H groups in total. The number of halogens is 4. The zero-order chi connectivity index (χ0) is 19.4. The number of nitrogens with zero attached hydrogens (tertiary/aromatic N) is 2. The molecule has 138 valence electrons. The minimum atomic E-state index is -4.75. The van der Waals surface area contributed by atoms with Gasteiger partial charge in [0.25, 0.3) is 0 Å². The molecule has 0 radical (unpaired) electrons. The normalized spacial score (nSPS) is 11.3. The Kier molecular flexibility index (Phi) is 5.16. The minimum absolute atomic E-state index is 0.0426. The van der Waals surface area contributed by atoms with Gasteiger partial charge in [0.1, 0.15) is 5.82 Å². The molecule has 0 unspecified atom stereocenters. The van der Waals surface area contributed by atoms with Gasteiger partial charge in [0.05, 0.1) is 11.1 Å². The molecule has 1 heterocycles. The van der Waals surface area contributed by atoms with Gasteiger partial charge in [0.2, 0.25) is 5.95 Å². The van der Waals surface area contributed by atoms with Gasteiger partial charge in [0.15, 0.2) is 5.78 Å². The summed E-state index contributed by atoms with van der Waals surface area (Å²) >= 11 is 0. The molecule has 2 aromatic carbocycles. The van der Waals surface area contributed by atoms with E-state index >= 15 is 0 Å². The van der Waals surface area contributed by atoms with E-state index in [0.717, 1.165) is 11.6 Å². The molecule has 0 saturated heterocycles. The average Bonchev–Trinajstić information content (AvgIpc) is 2.66. The molecule has 0 aliphatic rings. The summed E-state index contributed by atoms with van der Waals surface area (Å²) in [5, 5.41) is 2.96. The number of aromatic nitrogens is 2. The smallest absolute Gasteiger partial charge is 0.350 e. The van der Waals surface area contributed by atoms with Crippen LogP contribution in [-0.2, 0) is 12.7 Å². The standard InChI is InChI=1S/C19H13F4N3O/c20-16-7-13(6-15(8-16)19(21,22)23)17(27)14-10-25-18(26-11-14)24-9-12-4-2-1-3-5-12/h1-8,10-11H,9H2,(H,24,25,26). The average molecular weight is 375 g/mol. The monoisotopic (exact) mass is 375 g/mol. The number of nitrogens with one attached hydrogen (secondary N) is 1. The van der Waals surface area contributed by atoms with Crippen molar-refractivity contribution in [3.05, 3.63) is 89.0 Å². The van der Waals surface area contributed by atoms with E-state index < -0.39 is 28.9 Å². The largest absolute Gasteiger partial charge is 0.416 e. The minimum Gasteiger partial charge on any atom is -0.350 e. The highest BCUT2D eigenvalue weighted by Crippen LogP contribution is 2.30. The van der Waals surface area contributed by atoms with Crippen molar-refractivity contribution in [1.29, 1.82) is 0 Å². The van der Waals surface area contributed by atoms with Gasteiger partial charge in [-0.25, -0.2) is 14.4 Å². The van der Waals surface area contributed by atoms with Gasteiger partial charge in [-0.05, 0) is 23.8 Å². The molecule has 3 aromatic rings. The van der Waals surface area contributed by atoms with Crippen LogP contribution in [0.15, 0.2) is 60.9 Å². The molecule has 0 saturated carbocycles. The molecule has 0 spiro atoms. The maximum atomic E-state index is 13.5. The van der Waals surface area contributed by atoms with Crippen LogP contribution in [0.5, 0.6) is 0 Å². The molecule has 0 aliphatic heterocycles. The molecule has 0 aliphatic carbocycles. The Bertz CT molecular complexity index is 941. The van der Waals surface area contributed by atoms with Crippen molar-refractivity contribution in [2.24, 2.45) is 0 Å². The van der Waals surface area contributed by atoms with Gasteiger partial charge >= 0.3 is 6.18 Å². The molecule has 27 heavy (non-hydrogen) atoms. The lowest BCUT2D eigenvalue weighted by molar-refractivity contribution is -0.137. The first-order valence-electron chi connectivity index (χ1n) is 7.85. The van der Waals surface area contributed by atoms with E-state index in [1.54, 1.807) is 0 Å². The van der Waals surface area contributed by atoms with Crippen LogP contribution >= 0.6 is 0 Å². The van der Waals surface area contributed by atoms with E-state index in [2.05, 4.69) is 15.3 Å². The number of anilines is 1. The maximum Gasteiger partial charge on any atom is 0.416 e. The van der Waals surface area contributed by atoms with Crippen molar-refractivity contribution >= 4 is 11.7 Å². The first kappa shape index (κ1) is 18.5. The topological polar surface area (TPSA) is 54.9 Å². The quantitative estimate of drug-likeness (QED) is 0.528. The summed E-state index contributed by atoms with van der Waals surface area (Å²) in [6.45, 7) is 0.465. The molecule has 0 atom stereocenters. The summed E-state index contributed by atoms with van der Waals surface area (Å²) in [5.41, 5.74) is -0.691. The summed E-state index contributed by atoms with van der Waals surface area (Å²) in [4.78, 5) is 20.3. The third kappa shape index (κ3) is 4.66. The third-order valence-corrected chi connectivity index (χ3v) is 3.69. The zero-order valence-electron chi connectivity index (χ0n) is 13.8. The van der Waals surface area contributed by atoms with Gasteiger partial charge in [0, 0.05) is 24.5 Å². The van der Waals surface area contributed by atoms with Crippen molar-refractivity contribution in [3.63, 3.8) is 0 Å². The molecule has 0 fully saturated rings. The Morgan fingerprint density at radius 2 is 1.63 bits per heavy atom. The van der Waals surface area contributed by atoms with Crippen LogP contribution in [0.4, 0.5) is 23.5 Å². The highest BCUT2D eigenvalue weighted by Gasteiger charge is 2.32. The highest BCUT2D eigenvalue weighted by atomic mass is 19.4. The third-order valence-electron chi connectivity index (χ3n) is 3.69. The number of rotatable bonds is 5. The highest BCUT2D eigenvalue weighted by molar-refractivity contribution is 6.08. The van der Waals surface area contributed by atoms with Crippen LogP contribution in [-0.4, -0.2) is 15.8 Å². The Morgan fingerprint density at radius 1 is 0.963 bits per heavy atom. The summed E-state index contributed by atoms with van der Waals surface area (Å²) in [6, 6.07) is 11.2. The fraction of sp³-hybridized carbons (Fsp3) is 0.105. The van der Waals surface area contributed by atoms with Gasteiger partial charge in [-0.3, -0.25) is 4.79 Å². The SMILES string of the molecule is O=C(c1cnc(NCc2ccccc2)nc1)c1cc(F)cc(C(F)(F)F)c1. The fourth-order valence-corrected chi connectivity index (χ4v) is 2.36. The molecule has 3 rings (SSSR count). The van der Waals surface area contributed by atoms with E-state index in [1.165, 1.54) is 12.4 Å².